The van der Waals surface area contributed by atoms with Crippen LogP contribution in [0, 0.1) is 6.92 Å². The minimum atomic E-state index is -3.83. The molecule has 25 heavy (non-hydrogen) atoms. The van der Waals surface area contributed by atoms with Crippen LogP contribution in [0.5, 0.6) is 11.5 Å². The third kappa shape index (κ3) is 4.03. The van der Waals surface area contributed by atoms with Crippen molar-refractivity contribution in [2.24, 2.45) is 0 Å². The lowest BCUT2D eigenvalue weighted by molar-refractivity contribution is 0.0546. The molecule has 1 aliphatic heterocycles. The van der Waals surface area contributed by atoms with Gasteiger partial charge in [0.2, 0.25) is 0 Å². The lowest BCUT2D eigenvalue weighted by Gasteiger charge is -2.27. The summed E-state index contributed by atoms with van der Waals surface area (Å²) in [6, 6.07) is 12.2. The van der Waals surface area contributed by atoms with Gasteiger partial charge in [-0.25, -0.2) is 0 Å². The Morgan fingerprint density at radius 3 is 2.72 bits per heavy atom. The Labute approximate surface area is 148 Å². The Balaban J connectivity index is 1.69. The minimum Gasteiger partial charge on any atom is -0.486 e. The summed E-state index contributed by atoms with van der Waals surface area (Å²) in [5, 5.41) is 0. The summed E-state index contributed by atoms with van der Waals surface area (Å²) in [4.78, 5) is 0.127. The van der Waals surface area contributed by atoms with Crippen LogP contribution in [0.2, 0.25) is 0 Å². The molecular formula is C19H20O5S. The zero-order valence-corrected chi connectivity index (χ0v) is 14.8. The number of para-hydroxylation sites is 1. The molecule has 2 aromatic rings. The second-order valence-electron chi connectivity index (χ2n) is 5.84. The fourth-order valence-electron chi connectivity index (χ4n) is 2.53. The largest absolute Gasteiger partial charge is 0.486 e. The van der Waals surface area contributed by atoms with Crippen molar-refractivity contribution in [1.82, 2.24) is 0 Å². The number of hydrogen-bond donors (Lipinski definition) is 0. The summed E-state index contributed by atoms with van der Waals surface area (Å²) in [5.41, 5.74) is 1.92. The molecule has 0 N–H and O–H groups in total. The molecule has 0 fully saturated rings. The van der Waals surface area contributed by atoms with Crippen LogP contribution in [0.4, 0.5) is 0 Å². The van der Waals surface area contributed by atoms with Crippen molar-refractivity contribution in [3.8, 4) is 11.5 Å². The molecule has 0 unspecified atom stereocenters. The highest BCUT2D eigenvalue weighted by molar-refractivity contribution is 7.86. The molecule has 2 aromatic carbocycles. The molecule has 0 aromatic heterocycles. The highest BCUT2D eigenvalue weighted by atomic mass is 32.2. The van der Waals surface area contributed by atoms with Gasteiger partial charge in [0.05, 0.1) is 4.90 Å². The van der Waals surface area contributed by atoms with E-state index in [2.05, 4.69) is 6.58 Å². The highest BCUT2D eigenvalue weighted by Gasteiger charge is 2.26. The van der Waals surface area contributed by atoms with Crippen molar-refractivity contribution in [3.63, 3.8) is 0 Å². The molecule has 6 heteroatoms. The van der Waals surface area contributed by atoms with Gasteiger partial charge in [0.25, 0.3) is 10.1 Å². The summed E-state index contributed by atoms with van der Waals surface area (Å²) in [6.07, 6.45) is 1.92. The van der Waals surface area contributed by atoms with E-state index in [4.69, 9.17) is 13.7 Å². The Morgan fingerprint density at radius 1 is 1.24 bits per heavy atom. The first-order valence-corrected chi connectivity index (χ1v) is 9.39. The molecule has 5 nitrogen and oxygen atoms in total. The van der Waals surface area contributed by atoms with Crippen molar-refractivity contribution in [2.75, 3.05) is 13.2 Å². The highest BCUT2D eigenvalue weighted by Crippen LogP contribution is 2.35. The van der Waals surface area contributed by atoms with Gasteiger partial charge in [0, 0.05) is 5.56 Å². The first-order valence-electron chi connectivity index (χ1n) is 7.98. The van der Waals surface area contributed by atoms with Crippen LogP contribution < -0.4 is 9.47 Å². The smallest absolute Gasteiger partial charge is 0.297 e. The van der Waals surface area contributed by atoms with Crippen LogP contribution in [0.25, 0.3) is 0 Å². The van der Waals surface area contributed by atoms with Gasteiger partial charge in [0.15, 0.2) is 17.6 Å². The van der Waals surface area contributed by atoms with Gasteiger partial charge in [-0.2, -0.15) is 8.42 Å². The molecule has 0 radical (unpaired) electrons. The normalized spacial score (nSPS) is 16.4. The van der Waals surface area contributed by atoms with Gasteiger partial charge in [-0.1, -0.05) is 35.9 Å². The average molecular weight is 360 g/mol. The number of rotatable bonds is 6. The lowest BCUT2D eigenvalue weighted by atomic mass is 10.1. The van der Waals surface area contributed by atoms with Crippen LogP contribution in [0.3, 0.4) is 0 Å². The van der Waals surface area contributed by atoms with Gasteiger partial charge < -0.3 is 9.47 Å². The molecule has 132 valence electrons. The predicted molar refractivity (Wildman–Crippen MR) is 94.6 cm³/mol. The SMILES string of the molecule is C=CCc1cccc2c1O[C@@H](COS(=O)(=O)c1ccc(C)cc1)CO2. The Morgan fingerprint density at radius 2 is 2.00 bits per heavy atom. The van der Waals surface area contributed by atoms with E-state index < -0.39 is 16.2 Å². The maximum absolute atomic E-state index is 12.3. The van der Waals surface area contributed by atoms with E-state index in [1.807, 2.05) is 25.1 Å². The number of allylic oxidation sites excluding steroid dienone is 1. The van der Waals surface area contributed by atoms with E-state index in [0.29, 0.717) is 17.9 Å². The topological polar surface area (TPSA) is 61.8 Å². The van der Waals surface area contributed by atoms with E-state index in [9.17, 15) is 8.42 Å². The van der Waals surface area contributed by atoms with Crippen LogP contribution in [-0.2, 0) is 20.7 Å². The molecule has 1 aliphatic rings. The van der Waals surface area contributed by atoms with Gasteiger partial charge >= 0.3 is 0 Å². The maximum atomic E-state index is 12.3. The lowest BCUT2D eigenvalue weighted by Crippen LogP contribution is -2.34. The molecule has 0 bridgehead atoms. The molecule has 0 amide bonds. The van der Waals surface area contributed by atoms with E-state index in [1.54, 1.807) is 18.2 Å². The van der Waals surface area contributed by atoms with Crippen molar-refractivity contribution >= 4 is 10.1 Å². The molecule has 0 spiro atoms. The van der Waals surface area contributed by atoms with Gasteiger partial charge in [0.1, 0.15) is 13.2 Å². The first kappa shape index (κ1) is 17.5. The summed E-state index contributed by atoms with van der Waals surface area (Å²) < 4.78 is 41.3. The van der Waals surface area contributed by atoms with Gasteiger partial charge in [-0.3, -0.25) is 4.18 Å². The Bertz CT molecular complexity index is 856. The van der Waals surface area contributed by atoms with E-state index in [-0.39, 0.29) is 18.1 Å². The average Bonchev–Trinajstić information content (AvgIpc) is 2.61. The standard InChI is InChI=1S/C19H20O5S/c1-3-5-15-6-4-7-18-19(15)24-16(12-22-18)13-23-25(20,21)17-10-8-14(2)9-11-17/h3-4,6-11,16H,1,5,12-13H2,2H3/t16-/m1/s1. The number of fused-ring (bicyclic) bond motifs is 1. The van der Waals surface area contributed by atoms with Crippen LogP contribution in [0.1, 0.15) is 11.1 Å². The molecular weight excluding hydrogens is 340 g/mol. The summed E-state index contributed by atoms with van der Waals surface area (Å²) in [5.74, 6) is 1.27. The number of benzene rings is 2. The molecule has 1 heterocycles. The fraction of sp³-hybridized carbons (Fsp3) is 0.263. The second kappa shape index (κ2) is 7.29. The maximum Gasteiger partial charge on any atom is 0.297 e. The zero-order valence-electron chi connectivity index (χ0n) is 14.0. The van der Waals surface area contributed by atoms with E-state index in [1.165, 1.54) is 12.1 Å². The fourth-order valence-corrected chi connectivity index (χ4v) is 3.47. The van der Waals surface area contributed by atoms with E-state index >= 15 is 0 Å². The van der Waals surface area contributed by atoms with Crippen LogP contribution >= 0.6 is 0 Å². The third-order valence-corrected chi connectivity index (χ3v) is 5.15. The van der Waals surface area contributed by atoms with Crippen molar-refractivity contribution in [1.29, 1.82) is 0 Å². The van der Waals surface area contributed by atoms with Gasteiger partial charge in [-0.05, 0) is 31.5 Å². The van der Waals surface area contributed by atoms with Crippen molar-refractivity contribution in [2.45, 2.75) is 24.3 Å². The molecule has 3 rings (SSSR count). The second-order valence-corrected chi connectivity index (χ2v) is 7.46. The van der Waals surface area contributed by atoms with Crippen molar-refractivity contribution in [3.05, 3.63) is 66.2 Å². The molecule has 1 atom stereocenters. The number of hydrogen-bond acceptors (Lipinski definition) is 5. The first-order chi connectivity index (χ1) is 12.0. The summed E-state index contributed by atoms with van der Waals surface area (Å²) in [6.45, 7) is 5.74. The molecule has 0 saturated heterocycles. The summed E-state index contributed by atoms with van der Waals surface area (Å²) >= 11 is 0. The molecule has 0 saturated carbocycles. The Hall–Kier alpha value is -2.31. The van der Waals surface area contributed by atoms with Crippen LogP contribution in [0.15, 0.2) is 60.0 Å². The predicted octanol–water partition coefficient (Wildman–Crippen LogP) is 3.27. The summed E-state index contributed by atoms with van der Waals surface area (Å²) in [7, 11) is -3.83. The van der Waals surface area contributed by atoms with E-state index in [0.717, 1.165) is 11.1 Å². The van der Waals surface area contributed by atoms with Crippen molar-refractivity contribution < 1.29 is 22.1 Å². The third-order valence-electron chi connectivity index (χ3n) is 3.85. The number of aryl methyl sites for hydroxylation is 1. The number of ether oxygens (including phenoxy) is 2. The monoisotopic (exact) mass is 360 g/mol. The Kier molecular flexibility index (Phi) is 5.11. The quantitative estimate of drug-likeness (QED) is 0.584. The minimum absolute atomic E-state index is 0.113. The van der Waals surface area contributed by atoms with Crippen LogP contribution in [-0.4, -0.2) is 27.7 Å². The molecule has 0 aliphatic carbocycles. The zero-order chi connectivity index (χ0) is 17.9. The van der Waals surface area contributed by atoms with Gasteiger partial charge in [-0.15, -0.1) is 6.58 Å².